The Balaban J connectivity index is 1.68. The maximum Gasteiger partial charge on any atom is 0.0994 e. The van der Waals surface area contributed by atoms with E-state index in [1.165, 1.54) is 18.4 Å². The van der Waals surface area contributed by atoms with Gasteiger partial charge in [-0.1, -0.05) is 32.4 Å². The highest BCUT2D eigenvalue weighted by molar-refractivity contribution is 5.30. The minimum atomic E-state index is -0.130. The second-order valence-electron chi connectivity index (χ2n) is 9.39. The summed E-state index contributed by atoms with van der Waals surface area (Å²) in [7, 11) is 0. The van der Waals surface area contributed by atoms with Crippen LogP contribution in [0.2, 0.25) is 0 Å². The lowest BCUT2D eigenvalue weighted by Crippen LogP contribution is -2.49. The molecule has 0 heterocycles. The molecule has 1 N–H and O–H groups in total. The second kappa shape index (κ2) is 5.69. The standard InChI is InChI=1S/C22H33FO/c1-4-20(23)19-8-7-17-16-6-5-14-13-15(24)9-11-21(14,2)18(16)10-12-22(17,19)3/h5,15-18,24H,4,6-13H2,1-3H3/t15-,16?,17?,18?,21-,22-/m0/s1. The van der Waals surface area contributed by atoms with Crippen molar-refractivity contribution in [1.82, 2.24) is 0 Å². The molecular weight excluding hydrogens is 299 g/mol. The number of rotatable bonds is 1. The van der Waals surface area contributed by atoms with Crippen LogP contribution in [0.4, 0.5) is 4.39 Å². The van der Waals surface area contributed by atoms with Crippen molar-refractivity contribution in [3.8, 4) is 0 Å². The van der Waals surface area contributed by atoms with Crippen LogP contribution in [0.15, 0.2) is 23.0 Å². The summed E-state index contributed by atoms with van der Waals surface area (Å²) >= 11 is 0. The summed E-state index contributed by atoms with van der Waals surface area (Å²) in [6.45, 7) is 6.77. The van der Waals surface area contributed by atoms with Crippen LogP contribution in [0, 0.1) is 28.6 Å². The van der Waals surface area contributed by atoms with E-state index in [1.807, 2.05) is 6.92 Å². The van der Waals surface area contributed by atoms with Crippen LogP contribution in [-0.4, -0.2) is 11.2 Å². The zero-order valence-corrected chi connectivity index (χ0v) is 15.6. The van der Waals surface area contributed by atoms with Crippen molar-refractivity contribution in [2.45, 2.75) is 84.7 Å². The molecule has 3 fully saturated rings. The number of hydrogen-bond donors (Lipinski definition) is 1. The first-order chi connectivity index (χ1) is 11.4. The van der Waals surface area contributed by atoms with Gasteiger partial charge in [0.1, 0.15) is 0 Å². The summed E-state index contributed by atoms with van der Waals surface area (Å²) in [4.78, 5) is 0. The summed E-state index contributed by atoms with van der Waals surface area (Å²) in [5.74, 6) is 2.30. The number of hydrogen-bond acceptors (Lipinski definition) is 1. The SMILES string of the molecule is CCC(F)=C1CCC2C3CC=C4C[C@@H](O)CC[C@]4(C)C3CC[C@]12C. The topological polar surface area (TPSA) is 20.2 Å². The summed E-state index contributed by atoms with van der Waals surface area (Å²) in [5, 5.41) is 10.1. The van der Waals surface area contributed by atoms with Crippen molar-refractivity contribution in [3.63, 3.8) is 0 Å². The molecule has 0 aromatic carbocycles. The summed E-state index contributed by atoms with van der Waals surface area (Å²) in [6, 6.07) is 0. The summed E-state index contributed by atoms with van der Waals surface area (Å²) < 4.78 is 14.5. The van der Waals surface area contributed by atoms with Gasteiger partial charge in [-0.15, -0.1) is 0 Å². The van der Waals surface area contributed by atoms with Gasteiger partial charge in [0.25, 0.3) is 0 Å². The average molecular weight is 333 g/mol. The largest absolute Gasteiger partial charge is 0.393 e. The Morgan fingerprint density at radius 3 is 2.62 bits per heavy atom. The highest BCUT2D eigenvalue weighted by atomic mass is 19.1. The monoisotopic (exact) mass is 332 g/mol. The molecule has 0 aromatic rings. The third-order valence-corrected chi connectivity index (χ3v) is 8.50. The van der Waals surface area contributed by atoms with Crippen LogP contribution >= 0.6 is 0 Å². The molecule has 2 heteroatoms. The first-order valence-electron chi connectivity index (χ1n) is 10.2. The molecule has 0 saturated heterocycles. The van der Waals surface area contributed by atoms with E-state index in [1.54, 1.807) is 0 Å². The third-order valence-electron chi connectivity index (χ3n) is 8.50. The number of aliphatic hydroxyl groups is 1. The molecule has 0 radical (unpaired) electrons. The van der Waals surface area contributed by atoms with Gasteiger partial charge < -0.3 is 5.11 Å². The Kier molecular flexibility index (Phi) is 3.99. The Morgan fingerprint density at radius 2 is 1.88 bits per heavy atom. The maximum absolute atomic E-state index is 14.5. The minimum Gasteiger partial charge on any atom is -0.393 e. The Morgan fingerprint density at radius 1 is 1.17 bits per heavy atom. The quantitative estimate of drug-likeness (QED) is 0.589. The molecular formula is C22H33FO. The van der Waals surface area contributed by atoms with Crippen molar-refractivity contribution < 1.29 is 9.50 Å². The molecule has 3 unspecified atom stereocenters. The van der Waals surface area contributed by atoms with Gasteiger partial charge in [-0.3, -0.25) is 0 Å². The van der Waals surface area contributed by atoms with Crippen molar-refractivity contribution in [2.75, 3.05) is 0 Å². The van der Waals surface area contributed by atoms with Crippen molar-refractivity contribution in [2.24, 2.45) is 28.6 Å². The van der Waals surface area contributed by atoms with Crippen LogP contribution in [0.1, 0.15) is 78.6 Å². The van der Waals surface area contributed by atoms with Gasteiger partial charge in [0.15, 0.2) is 0 Å². The molecule has 6 atom stereocenters. The minimum absolute atomic E-state index is 0.108. The molecule has 4 rings (SSSR count). The highest BCUT2D eigenvalue weighted by Crippen LogP contribution is 2.66. The molecule has 24 heavy (non-hydrogen) atoms. The highest BCUT2D eigenvalue weighted by Gasteiger charge is 2.57. The van der Waals surface area contributed by atoms with E-state index in [2.05, 4.69) is 19.9 Å². The molecule has 0 aliphatic heterocycles. The van der Waals surface area contributed by atoms with Gasteiger partial charge in [-0.25, -0.2) is 4.39 Å². The van der Waals surface area contributed by atoms with Gasteiger partial charge in [0, 0.05) is 0 Å². The zero-order valence-electron chi connectivity index (χ0n) is 15.6. The van der Waals surface area contributed by atoms with E-state index >= 15 is 0 Å². The first kappa shape index (κ1) is 16.8. The molecule has 4 aliphatic carbocycles. The van der Waals surface area contributed by atoms with Crippen LogP contribution in [0.3, 0.4) is 0 Å². The maximum atomic E-state index is 14.5. The van der Waals surface area contributed by atoms with Crippen molar-refractivity contribution in [1.29, 1.82) is 0 Å². The number of aliphatic hydroxyl groups excluding tert-OH is 1. The van der Waals surface area contributed by atoms with Gasteiger partial charge in [0.2, 0.25) is 0 Å². The Labute approximate surface area is 146 Å². The van der Waals surface area contributed by atoms with E-state index in [-0.39, 0.29) is 17.3 Å². The molecule has 0 aromatic heterocycles. The van der Waals surface area contributed by atoms with Crippen molar-refractivity contribution in [3.05, 3.63) is 23.0 Å². The zero-order chi connectivity index (χ0) is 17.1. The predicted molar refractivity (Wildman–Crippen MR) is 96.1 cm³/mol. The molecule has 4 aliphatic rings. The van der Waals surface area contributed by atoms with Gasteiger partial charge >= 0.3 is 0 Å². The number of fused-ring (bicyclic) bond motifs is 5. The van der Waals surface area contributed by atoms with Crippen LogP contribution in [0.5, 0.6) is 0 Å². The van der Waals surface area contributed by atoms with E-state index in [0.717, 1.165) is 55.9 Å². The smallest absolute Gasteiger partial charge is 0.0994 e. The van der Waals surface area contributed by atoms with Crippen molar-refractivity contribution >= 4 is 0 Å². The molecule has 0 amide bonds. The van der Waals surface area contributed by atoms with Gasteiger partial charge in [-0.05, 0) is 91.9 Å². The predicted octanol–water partition coefficient (Wildman–Crippen LogP) is 5.94. The fourth-order valence-electron chi connectivity index (χ4n) is 7.11. The van der Waals surface area contributed by atoms with Crippen LogP contribution in [0.25, 0.3) is 0 Å². The van der Waals surface area contributed by atoms with Gasteiger partial charge in [-0.2, -0.15) is 0 Å². The third kappa shape index (κ3) is 2.21. The molecule has 1 nitrogen and oxygen atoms in total. The summed E-state index contributed by atoms with van der Waals surface area (Å²) in [5.41, 5.74) is 3.09. The van der Waals surface area contributed by atoms with E-state index in [4.69, 9.17) is 0 Å². The van der Waals surface area contributed by atoms with Crippen LogP contribution in [-0.2, 0) is 0 Å². The molecule has 0 bridgehead atoms. The Hall–Kier alpha value is -0.630. The lowest BCUT2D eigenvalue weighted by molar-refractivity contribution is -0.0273. The van der Waals surface area contributed by atoms with E-state index in [9.17, 15) is 9.50 Å². The van der Waals surface area contributed by atoms with Gasteiger partial charge in [0.05, 0.1) is 11.9 Å². The number of allylic oxidation sites excluding steroid dienone is 3. The number of halogens is 1. The lowest BCUT2D eigenvalue weighted by Gasteiger charge is -2.57. The first-order valence-corrected chi connectivity index (χ1v) is 10.2. The summed E-state index contributed by atoms with van der Waals surface area (Å²) in [6.07, 6.45) is 11.6. The van der Waals surface area contributed by atoms with E-state index < -0.39 is 0 Å². The fraction of sp³-hybridized carbons (Fsp3) is 0.818. The normalized spacial score (nSPS) is 49.8. The molecule has 134 valence electrons. The fourth-order valence-corrected chi connectivity index (χ4v) is 7.11. The van der Waals surface area contributed by atoms with E-state index in [0.29, 0.717) is 17.8 Å². The lowest BCUT2D eigenvalue weighted by atomic mass is 9.48. The second-order valence-corrected chi connectivity index (χ2v) is 9.39. The van der Waals surface area contributed by atoms with Crippen LogP contribution < -0.4 is 0 Å². The Bertz CT molecular complexity index is 591. The average Bonchev–Trinajstić information content (AvgIpc) is 2.92. The molecule has 3 saturated carbocycles. The molecule has 0 spiro atoms.